The molecule has 6 N–H and O–H groups in total. The molecule has 1 saturated heterocycles. The van der Waals surface area contributed by atoms with E-state index < -0.39 is 5.91 Å². The number of hydrogen-bond donors (Lipinski definition) is 5. The summed E-state index contributed by atoms with van der Waals surface area (Å²) in [6, 6.07) is 20.5. The van der Waals surface area contributed by atoms with Gasteiger partial charge < -0.3 is 31.9 Å². The Hall–Kier alpha value is -4.27. The van der Waals surface area contributed by atoms with Crippen molar-refractivity contribution in [1.82, 2.24) is 15.2 Å². The van der Waals surface area contributed by atoms with Crippen LogP contribution in [0.3, 0.4) is 0 Å². The summed E-state index contributed by atoms with van der Waals surface area (Å²) in [6.07, 6.45) is 3.62. The third kappa shape index (κ3) is 7.86. The number of urea groups is 1. The molecule has 0 saturated carbocycles. The van der Waals surface area contributed by atoms with Crippen molar-refractivity contribution in [3.05, 3.63) is 78.0 Å². The molecule has 38 heavy (non-hydrogen) atoms. The molecule has 1 aliphatic rings. The summed E-state index contributed by atoms with van der Waals surface area (Å²) in [7, 11) is 0. The molecular formula is C29H37N7O2. The lowest BCUT2D eigenvalue weighted by molar-refractivity contribution is -0.117. The SMILES string of the molecule is CC(C)NC(=O)N1CCC(Nc2ccc(Nc3cc(NCc4ccccc4)c(CC(N)=O)cn3)cc2)CC1. The van der Waals surface area contributed by atoms with Crippen LogP contribution < -0.4 is 27.0 Å². The van der Waals surface area contributed by atoms with Crippen molar-refractivity contribution in [2.24, 2.45) is 5.73 Å². The summed E-state index contributed by atoms with van der Waals surface area (Å²) in [6.45, 7) is 6.06. The van der Waals surface area contributed by atoms with Crippen molar-refractivity contribution in [2.75, 3.05) is 29.0 Å². The van der Waals surface area contributed by atoms with Crippen LogP contribution in [-0.2, 0) is 17.8 Å². The number of primary amides is 1. The summed E-state index contributed by atoms with van der Waals surface area (Å²) >= 11 is 0. The van der Waals surface area contributed by atoms with Crippen molar-refractivity contribution < 1.29 is 9.59 Å². The van der Waals surface area contributed by atoms with Gasteiger partial charge in [-0.1, -0.05) is 30.3 Å². The molecule has 0 radical (unpaired) electrons. The summed E-state index contributed by atoms with van der Waals surface area (Å²) in [4.78, 5) is 30.1. The number of piperidine rings is 1. The van der Waals surface area contributed by atoms with Crippen LogP contribution in [0.2, 0.25) is 0 Å². The van der Waals surface area contributed by atoms with Gasteiger partial charge >= 0.3 is 6.03 Å². The molecule has 0 atom stereocenters. The molecule has 200 valence electrons. The van der Waals surface area contributed by atoms with Crippen molar-refractivity contribution in [2.45, 2.75) is 51.7 Å². The molecule has 2 heterocycles. The summed E-state index contributed by atoms with van der Waals surface area (Å²) in [5, 5.41) is 13.3. The predicted octanol–water partition coefficient (Wildman–Crippen LogP) is 4.46. The van der Waals surface area contributed by atoms with Gasteiger partial charge in [0.1, 0.15) is 5.82 Å². The lowest BCUT2D eigenvalue weighted by atomic mass is 10.0. The van der Waals surface area contributed by atoms with E-state index in [0.29, 0.717) is 18.4 Å². The first-order chi connectivity index (χ1) is 18.4. The monoisotopic (exact) mass is 515 g/mol. The Morgan fingerprint density at radius 2 is 1.71 bits per heavy atom. The second-order valence-corrected chi connectivity index (χ2v) is 9.92. The average Bonchev–Trinajstić information content (AvgIpc) is 2.90. The van der Waals surface area contributed by atoms with E-state index in [2.05, 4.69) is 26.3 Å². The molecule has 0 aliphatic carbocycles. The number of carbonyl (C=O) groups excluding carboxylic acids is 2. The maximum absolute atomic E-state index is 12.2. The first-order valence-corrected chi connectivity index (χ1v) is 13.1. The van der Waals surface area contributed by atoms with E-state index in [1.165, 1.54) is 0 Å². The second-order valence-electron chi connectivity index (χ2n) is 9.92. The zero-order valence-corrected chi connectivity index (χ0v) is 22.0. The van der Waals surface area contributed by atoms with E-state index in [1.54, 1.807) is 6.20 Å². The third-order valence-corrected chi connectivity index (χ3v) is 6.40. The second kappa shape index (κ2) is 12.8. The van der Waals surface area contributed by atoms with Gasteiger partial charge in [0.15, 0.2) is 0 Å². The van der Waals surface area contributed by atoms with E-state index in [9.17, 15) is 9.59 Å². The van der Waals surface area contributed by atoms with E-state index >= 15 is 0 Å². The summed E-state index contributed by atoms with van der Waals surface area (Å²) < 4.78 is 0. The molecule has 2 aromatic carbocycles. The Balaban J connectivity index is 1.34. The summed E-state index contributed by atoms with van der Waals surface area (Å²) in [5.41, 5.74) is 10.1. The topological polar surface area (TPSA) is 124 Å². The van der Waals surface area contributed by atoms with Crippen LogP contribution >= 0.6 is 0 Å². The Bertz CT molecular complexity index is 1210. The van der Waals surface area contributed by atoms with E-state index in [-0.39, 0.29) is 18.5 Å². The zero-order chi connectivity index (χ0) is 26.9. The van der Waals surface area contributed by atoms with E-state index in [4.69, 9.17) is 5.73 Å². The lowest BCUT2D eigenvalue weighted by Crippen LogP contribution is -2.48. The van der Waals surface area contributed by atoms with Gasteiger partial charge in [-0.05, 0) is 56.5 Å². The minimum absolute atomic E-state index is 0.0172. The number of aromatic nitrogens is 1. The highest BCUT2D eigenvalue weighted by atomic mass is 16.2. The molecule has 3 amide bonds. The van der Waals surface area contributed by atoms with Crippen molar-refractivity contribution in [3.63, 3.8) is 0 Å². The number of likely N-dealkylation sites (tertiary alicyclic amines) is 1. The Labute approximate surface area is 224 Å². The van der Waals surface area contributed by atoms with Gasteiger partial charge in [-0.3, -0.25) is 4.79 Å². The Kier molecular flexibility index (Phi) is 9.02. The number of nitrogens with two attached hydrogens (primary N) is 1. The van der Waals surface area contributed by atoms with Gasteiger partial charge in [0.05, 0.1) is 6.42 Å². The number of anilines is 4. The number of hydrogen-bond acceptors (Lipinski definition) is 6. The number of nitrogens with zero attached hydrogens (tertiary/aromatic N) is 2. The number of pyridine rings is 1. The van der Waals surface area contributed by atoms with E-state index in [0.717, 1.165) is 54.1 Å². The van der Waals surface area contributed by atoms with E-state index in [1.807, 2.05) is 79.4 Å². The van der Waals surface area contributed by atoms with Crippen LogP contribution in [0.4, 0.5) is 27.7 Å². The van der Waals surface area contributed by atoms with Gasteiger partial charge in [0.2, 0.25) is 5.91 Å². The molecule has 0 unspecified atom stereocenters. The zero-order valence-electron chi connectivity index (χ0n) is 22.0. The molecule has 1 fully saturated rings. The molecule has 9 nitrogen and oxygen atoms in total. The highest BCUT2D eigenvalue weighted by Gasteiger charge is 2.23. The number of carbonyl (C=O) groups is 2. The molecular weight excluding hydrogens is 478 g/mol. The highest BCUT2D eigenvalue weighted by Crippen LogP contribution is 2.24. The van der Waals surface area contributed by atoms with Crippen LogP contribution in [0.25, 0.3) is 0 Å². The smallest absolute Gasteiger partial charge is 0.317 e. The lowest BCUT2D eigenvalue weighted by Gasteiger charge is -2.33. The quantitative estimate of drug-likeness (QED) is 0.272. The molecule has 3 aromatic rings. The molecule has 4 rings (SSSR count). The maximum Gasteiger partial charge on any atom is 0.317 e. The van der Waals surface area contributed by atoms with Gasteiger partial charge in [0.25, 0.3) is 0 Å². The van der Waals surface area contributed by atoms with Gasteiger partial charge in [-0.25, -0.2) is 9.78 Å². The first-order valence-electron chi connectivity index (χ1n) is 13.1. The van der Waals surface area contributed by atoms with Crippen LogP contribution in [0.5, 0.6) is 0 Å². The van der Waals surface area contributed by atoms with Crippen molar-refractivity contribution in [3.8, 4) is 0 Å². The largest absolute Gasteiger partial charge is 0.382 e. The molecule has 1 aromatic heterocycles. The highest BCUT2D eigenvalue weighted by molar-refractivity contribution is 5.79. The van der Waals surface area contributed by atoms with Crippen LogP contribution in [0, 0.1) is 0 Å². The number of benzene rings is 2. The maximum atomic E-state index is 12.2. The molecule has 1 aliphatic heterocycles. The Morgan fingerprint density at radius 3 is 2.37 bits per heavy atom. The standard InChI is InChI=1S/C29H37N7O2/c1-20(2)33-29(38)36-14-12-25(13-15-36)34-23-8-10-24(11-9-23)35-28-17-26(22(19-32-28)16-27(30)37)31-18-21-6-4-3-5-7-21/h3-11,17,19-20,25,34H,12-16,18H2,1-2H3,(H2,30,37)(H,33,38)(H2,31,32,35). The van der Waals surface area contributed by atoms with Gasteiger partial charge in [-0.15, -0.1) is 0 Å². The number of nitrogens with one attached hydrogen (secondary N) is 4. The minimum atomic E-state index is -0.400. The molecule has 0 bridgehead atoms. The fourth-order valence-corrected chi connectivity index (χ4v) is 4.44. The van der Waals surface area contributed by atoms with Gasteiger partial charge in [-0.2, -0.15) is 0 Å². The van der Waals surface area contributed by atoms with Crippen molar-refractivity contribution >= 4 is 34.8 Å². The fraction of sp³-hybridized carbons (Fsp3) is 0.345. The fourth-order valence-electron chi connectivity index (χ4n) is 4.44. The molecule has 9 heteroatoms. The normalized spacial score (nSPS) is 13.7. The summed E-state index contributed by atoms with van der Waals surface area (Å²) in [5.74, 6) is 0.268. The third-order valence-electron chi connectivity index (χ3n) is 6.40. The minimum Gasteiger partial charge on any atom is -0.382 e. The van der Waals surface area contributed by atoms with Gasteiger partial charge in [0, 0.05) is 66.6 Å². The molecule has 0 spiro atoms. The van der Waals surface area contributed by atoms with Crippen LogP contribution in [0.15, 0.2) is 66.9 Å². The van der Waals surface area contributed by atoms with Crippen LogP contribution in [-0.4, -0.2) is 47.0 Å². The average molecular weight is 516 g/mol. The first kappa shape index (κ1) is 26.8. The Morgan fingerprint density at radius 1 is 1.03 bits per heavy atom. The van der Waals surface area contributed by atoms with Crippen LogP contribution in [0.1, 0.15) is 37.8 Å². The number of amides is 3. The number of rotatable bonds is 10. The predicted molar refractivity (Wildman–Crippen MR) is 153 cm³/mol. The van der Waals surface area contributed by atoms with Crippen molar-refractivity contribution in [1.29, 1.82) is 0 Å².